The van der Waals surface area contributed by atoms with E-state index in [2.05, 4.69) is 5.32 Å². The Kier molecular flexibility index (Phi) is 4.77. The van der Waals surface area contributed by atoms with Crippen molar-refractivity contribution in [3.63, 3.8) is 0 Å². The van der Waals surface area contributed by atoms with Crippen LogP contribution in [0, 0.1) is 17.0 Å². The molecule has 0 radical (unpaired) electrons. The van der Waals surface area contributed by atoms with Crippen LogP contribution < -0.4 is 5.32 Å². The van der Waals surface area contributed by atoms with Crippen LogP contribution in [0.1, 0.15) is 22.3 Å². The van der Waals surface area contributed by atoms with Gasteiger partial charge in [-0.3, -0.25) is 14.9 Å². The minimum Gasteiger partial charge on any atom is -0.351 e. The monoisotopic (exact) mass is 327 g/mol. The molecule has 0 bridgehead atoms. The van der Waals surface area contributed by atoms with Crippen molar-refractivity contribution in [2.24, 2.45) is 0 Å². The second-order valence-electron chi connectivity index (χ2n) is 5.08. The standard InChI is InChI=1S/C13H17N3O5S/c1-10-9-11(16(18)19)3-4-12(10)13(17)14-5-7-15-6-2-8-22(15,20)21/h3-4,9H,2,5-8H2,1H3,(H,14,17). The molecule has 1 saturated heterocycles. The number of nitro groups is 1. The summed E-state index contributed by atoms with van der Waals surface area (Å²) in [5.74, 6) is -0.216. The van der Waals surface area contributed by atoms with Crippen LogP contribution in [0.15, 0.2) is 18.2 Å². The normalized spacial score (nSPS) is 17.3. The van der Waals surface area contributed by atoms with Gasteiger partial charge in [-0.25, -0.2) is 12.7 Å². The molecule has 1 aliphatic heterocycles. The lowest BCUT2D eigenvalue weighted by molar-refractivity contribution is -0.384. The minimum absolute atomic E-state index is 0.0720. The van der Waals surface area contributed by atoms with E-state index in [-0.39, 0.29) is 30.4 Å². The zero-order valence-corrected chi connectivity index (χ0v) is 12.9. The SMILES string of the molecule is Cc1cc([N+](=O)[O-])ccc1C(=O)NCCN1CCCS1(=O)=O. The third kappa shape index (κ3) is 3.60. The summed E-state index contributed by atoms with van der Waals surface area (Å²) in [6.45, 7) is 2.54. The van der Waals surface area contributed by atoms with E-state index in [0.717, 1.165) is 0 Å². The van der Waals surface area contributed by atoms with E-state index in [9.17, 15) is 23.3 Å². The van der Waals surface area contributed by atoms with Gasteiger partial charge >= 0.3 is 0 Å². The van der Waals surface area contributed by atoms with Crippen LogP contribution in [0.25, 0.3) is 0 Å². The van der Waals surface area contributed by atoms with Crippen LogP contribution in [0.4, 0.5) is 5.69 Å². The molecule has 1 aliphatic rings. The molecule has 22 heavy (non-hydrogen) atoms. The average Bonchev–Trinajstić information content (AvgIpc) is 2.77. The number of sulfonamides is 1. The lowest BCUT2D eigenvalue weighted by atomic mass is 10.1. The molecule has 1 aromatic carbocycles. The first-order valence-electron chi connectivity index (χ1n) is 6.82. The molecular formula is C13H17N3O5S. The van der Waals surface area contributed by atoms with Crippen LogP contribution in [-0.4, -0.2) is 48.9 Å². The van der Waals surface area contributed by atoms with Crippen LogP contribution >= 0.6 is 0 Å². The average molecular weight is 327 g/mol. The number of amides is 1. The number of hydrogen-bond donors (Lipinski definition) is 1. The van der Waals surface area contributed by atoms with Gasteiger partial charge in [-0.2, -0.15) is 0 Å². The van der Waals surface area contributed by atoms with Gasteiger partial charge in [0.2, 0.25) is 10.0 Å². The molecule has 9 heteroatoms. The Bertz CT molecular complexity index is 702. The van der Waals surface area contributed by atoms with Gasteiger partial charge in [-0.1, -0.05) is 0 Å². The van der Waals surface area contributed by atoms with Crippen molar-refractivity contribution < 1.29 is 18.1 Å². The maximum atomic E-state index is 12.0. The van der Waals surface area contributed by atoms with Crippen molar-refractivity contribution in [2.75, 3.05) is 25.4 Å². The number of nitrogens with zero attached hydrogens (tertiary/aromatic N) is 2. The fourth-order valence-corrected chi connectivity index (χ4v) is 3.88. The van der Waals surface area contributed by atoms with Crippen LogP contribution in [0.3, 0.4) is 0 Å². The molecule has 8 nitrogen and oxygen atoms in total. The number of aryl methyl sites for hydroxylation is 1. The largest absolute Gasteiger partial charge is 0.351 e. The molecular weight excluding hydrogens is 310 g/mol. The molecule has 0 saturated carbocycles. The van der Waals surface area contributed by atoms with Gasteiger partial charge in [-0.05, 0) is 25.0 Å². The van der Waals surface area contributed by atoms with Gasteiger partial charge in [0.25, 0.3) is 11.6 Å². The second kappa shape index (κ2) is 6.41. The van der Waals surface area contributed by atoms with E-state index >= 15 is 0 Å². The van der Waals surface area contributed by atoms with E-state index < -0.39 is 14.9 Å². The third-order valence-corrected chi connectivity index (χ3v) is 5.47. The number of nitro benzene ring substituents is 1. The molecule has 1 fully saturated rings. The molecule has 0 spiro atoms. The van der Waals surface area contributed by atoms with E-state index in [1.54, 1.807) is 6.92 Å². The Hall–Kier alpha value is -2.00. The first-order valence-corrected chi connectivity index (χ1v) is 8.43. The predicted molar refractivity (Wildman–Crippen MR) is 80.1 cm³/mol. The number of carbonyl (C=O) groups is 1. The van der Waals surface area contributed by atoms with E-state index in [0.29, 0.717) is 24.1 Å². The van der Waals surface area contributed by atoms with Crippen molar-refractivity contribution in [1.29, 1.82) is 0 Å². The Morgan fingerprint density at radius 3 is 2.73 bits per heavy atom. The van der Waals surface area contributed by atoms with Gasteiger partial charge in [0, 0.05) is 37.3 Å². The zero-order valence-electron chi connectivity index (χ0n) is 12.1. The number of carbonyl (C=O) groups excluding carboxylic acids is 1. The molecule has 1 amide bonds. The van der Waals surface area contributed by atoms with E-state index in [4.69, 9.17) is 0 Å². The summed E-state index contributed by atoms with van der Waals surface area (Å²) in [7, 11) is -3.17. The molecule has 0 aromatic heterocycles. The summed E-state index contributed by atoms with van der Waals surface area (Å²) in [5, 5.41) is 13.3. The lowest BCUT2D eigenvalue weighted by Gasteiger charge is -2.14. The van der Waals surface area contributed by atoms with E-state index in [1.165, 1.54) is 22.5 Å². The summed E-state index contributed by atoms with van der Waals surface area (Å²) >= 11 is 0. The molecule has 1 N–H and O–H groups in total. The summed E-state index contributed by atoms with van der Waals surface area (Å²) in [6, 6.07) is 4.00. The Balaban J connectivity index is 1.94. The first-order chi connectivity index (χ1) is 10.3. The smallest absolute Gasteiger partial charge is 0.269 e. The molecule has 1 heterocycles. The summed E-state index contributed by atoms with van der Waals surface area (Å²) in [6.07, 6.45) is 0.609. The topological polar surface area (TPSA) is 110 Å². The van der Waals surface area contributed by atoms with Crippen LogP contribution in [-0.2, 0) is 10.0 Å². The Morgan fingerprint density at radius 2 is 2.18 bits per heavy atom. The van der Waals surface area contributed by atoms with E-state index in [1.807, 2.05) is 0 Å². The molecule has 0 atom stereocenters. The van der Waals surface area contributed by atoms with Crippen LogP contribution in [0.2, 0.25) is 0 Å². The molecule has 120 valence electrons. The van der Waals surface area contributed by atoms with Gasteiger partial charge in [-0.15, -0.1) is 0 Å². The minimum atomic E-state index is -3.17. The predicted octanol–water partition coefficient (Wildman–Crippen LogP) is 0.669. The number of rotatable bonds is 5. The van der Waals surface area contributed by atoms with Gasteiger partial charge in [0.15, 0.2) is 0 Å². The summed E-state index contributed by atoms with van der Waals surface area (Å²) < 4.78 is 24.6. The number of benzene rings is 1. The Morgan fingerprint density at radius 1 is 1.45 bits per heavy atom. The van der Waals surface area contributed by atoms with Gasteiger partial charge < -0.3 is 5.32 Å². The van der Waals surface area contributed by atoms with Crippen molar-refractivity contribution in [1.82, 2.24) is 9.62 Å². The number of nitrogens with one attached hydrogen (secondary N) is 1. The highest BCUT2D eigenvalue weighted by molar-refractivity contribution is 7.89. The van der Waals surface area contributed by atoms with Crippen molar-refractivity contribution in [2.45, 2.75) is 13.3 Å². The second-order valence-corrected chi connectivity index (χ2v) is 7.17. The summed E-state index contributed by atoms with van der Waals surface area (Å²) in [4.78, 5) is 22.2. The maximum Gasteiger partial charge on any atom is 0.269 e. The first kappa shape index (κ1) is 16.4. The van der Waals surface area contributed by atoms with Crippen molar-refractivity contribution in [3.05, 3.63) is 39.4 Å². The highest BCUT2D eigenvalue weighted by Crippen LogP contribution is 2.17. The van der Waals surface area contributed by atoms with Gasteiger partial charge in [0.1, 0.15) is 0 Å². The molecule has 2 rings (SSSR count). The van der Waals surface area contributed by atoms with Crippen molar-refractivity contribution >= 4 is 21.6 Å². The third-order valence-electron chi connectivity index (χ3n) is 3.52. The van der Waals surface area contributed by atoms with Gasteiger partial charge in [0.05, 0.1) is 10.7 Å². The number of hydrogen-bond acceptors (Lipinski definition) is 5. The fraction of sp³-hybridized carbons (Fsp3) is 0.462. The zero-order chi connectivity index (χ0) is 16.3. The molecule has 0 unspecified atom stereocenters. The molecule has 0 aliphatic carbocycles. The Labute approximate surface area is 128 Å². The summed E-state index contributed by atoms with van der Waals surface area (Å²) in [5.41, 5.74) is 0.771. The fourth-order valence-electron chi connectivity index (χ4n) is 2.35. The quantitative estimate of drug-likeness (QED) is 0.631. The highest BCUT2D eigenvalue weighted by atomic mass is 32.2. The molecule has 1 aromatic rings. The lowest BCUT2D eigenvalue weighted by Crippen LogP contribution is -2.36. The number of non-ortho nitro benzene ring substituents is 1. The highest BCUT2D eigenvalue weighted by Gasteiger charge is 2.27. The van der Waals surface area contributed by atoms with Crippen molar-refractivity contribution in [3.8, 4) is 0 Å². The maximum absolute atomic E-state index is 12.0. The van der Waals surface area contributed by atoms with Crippen LogP contribution in [0.5, 0.6) is 0 Å².